The lowest BCUT2D eigenvalue weighted by molar-refractivity contribution is 0.0933. The Morgan fingerprint density at radius 1 is 1.03 bits per heavy atom. The quantitative estimate of drug-likeness (QED) is 0.516. The van der Waals surface area contributed by atoms with Gasteiger partial charge in [0.25, 0.3) is 15.9 Å². The summed E-state index contributed by atoms with van der Waals surface area (Å²) in [5, 5.41) is 2.97. The summed E-state index contributed by atoms with van der Waals surface area (Å²) in [4.78, 5) is 15.2. The van der Waals surface area contributed by atoms with Crippen molar-refractivity contribution in [2.24, 2.45) is 0 Å². The van der Waals surface area contributed by atoms with Gasteiger partial charge in [0.15, 0.2) is 0 Å². The van der Waals surface area contributed by atoms with Crippen LogP contribution in [0.4, 0.5) is 5.69 Å². The van der Waals surface area contributed by atoms with Gasteiger partial charge < -0.3 is 9.73 Å². The van der Waals surface area contributed by atoms with Crippen LogP contribution in [-0.4, -0.2) is 38.9 Å². The highest BCUT2D eigenvalue weighted by molar-refractivity contribution is 7.92. The van der Waals surface area contributed by atoms with E-state index in [1.165, 1.54) is 24.3 Å². The average molecular weight is 468 g/mol. The van der Waals surface area contributed by atoms with Crippen molar-refractivity contribution in [3.8, 4) is 0 Å². The van der Waals surface area contributed by atoms with Crippen LogP contribution in [0, 0.1) is 13.8 Å². The SMILES string of the molecule is Cc1cccc(NS(=O)(=O)c2ccc(C(=O)NCC(c3ccco3)N3CCCC3)cc2)c1C. The molecule has 1 amide bonds. The fraction of sp³-hybridized carbons (Fsp3) is 0.320. The molecule has 1 atom stereocenters. The van der Waals surface area contributed by atoms with Crippen molar-refractivity contribution in [2.45, 2.75) is 37.6 Å². The molecule has 2 aromatic carbocycles. The molecular formula is C25H29N3O4S. The summed E-state index contributed by atoms with van der Waals surface area (Å²) < 4.78 is 33.9. The van der Waals surface area contributed by atoms with Gasteiger partial charge in [0.05, 0.1) is 22.9 Å². The van der Waals surface area contributed by atoms with E-state index >= 15 is 0 Å². The maximum absolute atomic E-state index is 12.8. The molecule has 3 aromatic rings. The number of anilines is 1. The van der Waals surface area contributed by atoms with E-state index in [-0.39, 0.29) is 16.8 Å². The summed E-state index contributed by atoms with van der Waals surface area (Å²) in [5.41, 5.74) is 2.83. The smallest absolute Gasteiger partial charge is 0.261 e. The van der Waals surface area contributed by atoms with Crippen molar-refractivity contribution in [1.82, 2.24) is 10.2 Å². The van der Waals surface area contributed by atoms with Crippen molar-refractivity contribution in [3.63, 3.8) is 0 Å². The van der Waals surface area contributed by atoms with Crippen molar-refractivity contribution < 1.29 is 17.6 Å². The first-order chi connectivity index (χ1) is 15.8. The van der Waals surface area contributed by atoms with Crippen molar-refractivity contribution >= 4 is 21.6 Å². The monoisotopic (exact) mass is 467 g/mol. The normalized spacial score (nSPS) is 15.3. The molecular weight excluding hydrogens is 438 g/mol. The minimum atomic E-state index is -3.76. The van der Waals surface area contributed by atoms with Crippen LogP contribution < -0.4 is 10.0 Å². The molecule has 0 spiro atoms. The minimum absolute atomic E-state index is 0.0205. The average Bonchev–Trinajstić information content (AvgIpc) is 3.52. The summed E-state index contributed by atoms with van der Waals surface area (Å²) in [7, 11) is -3.76. The molecule has 7 nitrogen and oxygen atoms in total. The van der Waals surface area contributed by atoms with Crippen LogP contribution in [0.15, 0.2) is 70.2 Å². The Morgan fingerprint density at radius 2 is 1.76 bits per heavy atom. The molecule has 1 aliphatic rings. The summed E-state index contributed by atoms with van der Waals surface area (Å²) in [6.45, 7) is 6.17. The Balaban J connectivity index is 1.43. The Morgan fingerprint density at radius 3 is 2.42 bits per heavy atom. The lowest BCUT2D eigenvalue weighted by Crippen LogP contribution is -2.36. The van der Waals surface area contributed by atoms with Crippen LogP contribution in [0.25, 0.3) is 0 Å². The molecule has 1 fully saturated rings. The molecule has 33 heavy (non-hydrogen) atoms. The molecule has 174 valence electrons. The molecule has 1 saturated heterocycles. The zero-order valence-corrected chi connectivity index (χ0v) is 19.7. The van der Waals surface area contributed by atoms with E-state index in [1.807, 2.05) is 38.1 Å². The summed E-state index contributed by atoms with van der Waals surface area (Å²) in [6, 6.07) is 15.2. The fourth-order valence-corrected chi connectivity index (χ4v) is 5.21. The molecule has 0 radical (unpaired) electrons. The number of benzene rings is 2. The topological polar surface area (TPSA) is 91.6 Å². The van der Waals surface area contributed by atoms with Gasteiger partial charge in [-0.05, 0) is 93.4 Å². The third-order valence-electron chi connectivity index (χ3n) is 6.18. The van der Waals surface area contributed by atoms with Gasteiger partial charge in [-0.15, -0.1) is 0 Å². The van der Waals surface area contributed by atoms with Gasteiger partial charge in [-0.3, -0.25) is 14.4 Å². The number of rotatable bonds is 8. The summed E-state index contributed by atoms with van der Waals surface area (Å²) >= 11 is 0. The molecule has 1 unspecified atom stereocenters. The van der Waals surface area contributed by atoms with E-state index in [0.29, 0.717) is 17.8 Å². The van der Waals surface area contributed by atoms with E-state index < -0.39 is 10.0 Å². The van der Waals surface area contributed by atoms with Crippen LogP contribution >= 0.6 is 0 Å². The van der Waals surface area contributed by atoms with Crippen molar-refractivity contribution in [3.05, 3.63) is 83.3 Å². The van der Waals surface area contributed by atoms with Gasteiger partial charge in [0, 0.05) is 12.1 Å². The zero-order valence-electron chi connectivity index (χ0n) is 18.9. The summed E-state index contributed by atoms with van der Waals surface area (Å²) in [6.07, 6.45) is 3.92. The maximum atomic E-state index is 12.8. The first kappa shape index (κ1) is 23.1. The zero-order chi connectivity index (χ0) is 23.4. The number of sulfonamides is 1. The van der Waals surface area contributed by atoms with Gasteiger partial charge in [0.2, 0.25) is 0 Å². The highest BCUT2D eigenvalue weighted by Crippen LogP contribution is 2.25. The van der Waals surface area contributed by atoms with E-state index in [0.717, 1.165) is 42.8 Å². The summed E-state index contributed by atoms with van der Waals surface area (Å²) in [5.74, 6) is 0.577. The number of nitrogens with one attached hydrogen (secondary N) is 2. The first-order valence-corrected chi connectivity index (χ1v) is 12.6. The van der Waals surface area contributed by atoms with Crippen LogP contribution in [0.3, 0.4) is 0 Å². The Labute approximate surface area is 194 Å². The number of furan rings is 1. The van der Waals surface area contributed by atoms with Gasteiger partial charge in [-0.25, -0.2) is 8.42 Å². The van der Waals surface area contributed by atoms with E-state index in [1.54, 1.807) is 12.3 Å². The van der Waals surface area contributed by atoms with Crippen LogP contribution in [-0.2, 0) is 10.0 Å². The second-order valence-corrected chi connectivity index (χ2v) is 10.0. The second kappa shape index (κ2) is 9.80. The lowest BCUT2D eigenvalue weighted by atomic mass is 10.1. The van der Waals surface area contributed by atoms with Crippen LogP contribution in [0.2, 0.25) is 0 Å². The molecule has 0 aliphatic carbocycles. The predicted octanol–water partition coefficient (Wildman–Crippen LogP) is 4.26. The highest BCUT2D eigenvalue weighted by Gasteiger charge is 2.26. The van der Waals surface area contributed by atoms with Gasteiger partial charge in [-0.2, -0.15) is 0 Å². The van der Waals surface area contributed by atoms with Gasteiger partial charge in [-0.1, -0.05) is 12.1 Å². The number of carbonyl (C=O) groups is 1. The Hall–Kier alpha value is -3.10. The number of amides is 1. The number of aryl methyl sites for hydroxylation is 1. The molecule has 2 N–H and O–H groups in total. The second-order valence-electron chi connectivity index (χ2n) is 8.36. The van der Waals surface area contributed by atoms with E-state index in [9.17, 15) is 13.2 Å². The predicted molar refractivity (Wildman–Crippen MR) is 128 cm³/mol. The standard InChI is InChI=1S/C25H29N3O4S/c1-18-7-5-8-22(19(18)2)27-33(30,31)21-12-10-20(11-13-21)25(29)26-17-23(24-9-6-16-32-24)28-14-3-4-15-28/h5-13,16,23,27H,3-4,14-15,17H2,1-2H3,(H,26,29). The molecule has 0 bridgehead atoms. The molecule has 1 aromatic heterocycles. The van der Waals surface area contributed by atoms with Crippen molar-refractivity contribution in [1.29, 1.82) is 0 Å². The van der Waals surface area contributed by atoms with E-state index in [2.05, 4.69) is 14.9 Å². The first-order valence-electron chi connectivity index (χ1n) is 11.1. The molecule has 1 aliphatic heterocycles. The third-order valence-corrected chi connectivity index (χ3v) is 7.57. The van der Waals surface area contributed by atoms with Gasteiger partial charge >= 0.3 is 0 Å². The van der Waals surface area contributed by atoms with Crippen LogP contribution in [0.1, 0.15) is 46.1 Å². The minimum Gasteiger partial charge on any atom is -0.468 e. The van der Waals surface area contributed by atoms with Crippen molar-refractivity contribution in [2.75, 3.05) is 24.4 Å². The highest BCUT2D eigenvalue weighted by atomic mass is 32.2. The third kappa shape index (κ3) is 5.29. The number of hydrogen-bond donors (Lipinski definition) is 2. The van der Waals surface area contributed by atoms with E-state index in [4.69, 9.17) is 4.42 Å². The maximum Gasteiger partial charge on any atom is 0.261 e. The number of nitrogens with zero attached hydrogens (tertiary/aromatic N) is 1. The van der Waals surface area contributed by atoms with Gasteiger partial charge in [0.1, 0.15) is 5.76 Å². The van der Waals surface area contributed by atoms with Crippen LogP contribution in [0.5, 0.6) is 0 Å². The Bertz CT molecular complexity index is 1200. The molecule has 0 saturated carbocycles. The number of hydrogen-bond acceptors (Lipinski definition) is 5. The molecule has 8 heteroatoms. The largest absolute Gasteiger partial charge is 0.468 e. The lowest BCUT2D eigenvalue weighted by Gasteiger charge is -2.26. The molecule has 2 heterocycles. The molecule has 4 rings (SSSR count). The number of likely N-dealkylation sites (tertiary alicyclic amines) is 1. The number of carbonyl (C=O) groups excluding carboxylic acids is 1. The fourth-order valence-electron chi connectivity index (χ4n) is 4.09. The Kier molecular flexibility index (Phi) is 6.85.